The highest BCUT2D eigenvalue weighted by Gasteiger charge is 2.21. The molecule has 0 bridgehead atoms. The van der Waals surface area contributed by atoms with Crippen LogP contribution in [0.4, 0.5) is 8.78 Å². The summed E-state index contributed by atoms with van der Waals surface area (Å²) in [6.45, 7) is 1.70. The molecule has 1 aromatic rings. The Morgan fingerprint density at radius 1 is 1.59 bits per heavy atom. The third-order valence-electron chi connectivity index (χ3n) is 2.06. The van der Waals surface area contributed by atoms with Crippen molar-refractivity contribution in [2.24, 2.45) is 0 Å². The molecule has 0 aliphatic heterocycles. The zero-order chi connectivity index (χ0) is 13.0. The van der Waals surface area contributed by atoms with Gasteiger partial charge in [-0.15, -0.1) is 0 Å². The van der Waals surface area contributed by atoms with Crippen molar-refractivity contribution in [1.82, 2.24) is 4.98 Å². The molecule has 0 spiro atoms. The molecule has 4 nitrogen and oxygen atoms in total. The van der Waals surface area contributed by atoms with Crippen LogP contribution in [0.3, 0.4) is 0 Å². The van der Waals surface area contributed by atoms with Gasteiger partial charge in [0.05, 0.1) is 12.3 Å². The van der Waals surface area contributed by atoms with E-state index in [4.69, 9.17) is 0 Å². The molecular weight excluding hydrogens is 300 g/mol. The molecule has 0 fully saturated rings. The number of alkyl halides is 3. The number of nitrogens with one attached hydrogen (secondary N) is 1. The molecule has 0 saturated heterocycles. The van der Waals surface area contributed by atoms with E-state index in [9.17, 15) is 18.4 Å². The quantitative estimate of drug-likeness (QED) is 0.686. The average molecular weight is 310 g/mol. The summed E-state index contributed by atoms with van der Waals surface area (Å²) < 4.78 is 29.8. The Hall–Kier alpha value is -1.24. The minimum atomic E-state index is -2.80. The zero-order valence-corrected chi connectivity index (χ0v) is 10.5. The summed E-state index contributed by atoms with van der Waals surface area (Å²) in [7, 11) is 0. The van der Waals surface area contributed by atoms with Crippen LogP contribution >= 0.6 is 15.9 Å². The third kappa shape index (κ3) is 2.91. The number of pyridine rings is 1. The van der Waals surface area contributed by atoms with Crippen molar-refractivity contribution in [3.63, 3.8) is 0 Å². The molecule has 1 aromatic heterocycles. The number of ether oxygens (including phenoxy) is 1. The molecule has 1 rings (SSSR count). The predicted molar refractivity (Wildman–Crippen MR) is 60.6 cm³/mol. The number of halogens is 3. The Labute approximate surface area is 104 Å². The molecule has 0 unspecified atom stereocenters. The fourth-order valence-electron chi connectivity index (χ4n) is 1.28. The number of esters is 1. The molecule has 0 aliphatic rings. The highest BCUT2D eigenvalue weighted by Crippen LogP contribution is 2.20. The Morgan fingerprint density at radius 2 is 2.24 bits per heavy atom. The van der Waals surface area contributed by atoms with E-state index in [0.717, 1.165) is 6.20 Å². The lowest BCUT2D eigenvalue weighted by Crippen LogP contribution is -2.23. The van der Waals surface area contributed by atoms with Crippen LogP contribution in [0.1, 0.15) is 35.0 Å². The van der Waals surface area contributed by atoms with Crippen LogP contribution in [0, 0.1) is 0 Å². The SMILES string of the molecule is CCOC(=O)c1c[nH]c(C(F)F)c(CBr)c1=O. The third-order valence-corrected chi connectivity index (χ3v) is 2.62. The van der Waals surface area contributed by atoms with E-state index in [2.05, 4.69) is 25.7 Å². The average Bonchev–Trinajstić information content (AvgIpc) is 2.28. The van der Waals surface area contributed by atoms with Crippen molar-refractivity contribution in [3.05, 3.63) is 33.2 Å². The second-order valence-electron chi connectivity index (χ2n) is 3.08. The maximum Gasteiger partial charge on any atom is 0.343 e. The lowest BCUT2D eigenvalue weighted by Gasteiger charge is -2.08. The molecule has 0 aliphatic carbocycles. The summed E-state index contributed by atoms with van der Waals surface area (Å²) in [5.74, 6) is -0.822. The van der Waals surface area contributed by atoms with Gasteiger partial charge >= 0.3 is 5.97 Å². The first kappa shape index (κ1) is 13.8. The molecule has 0 amide bonds. The Morgan fingerprint density at radius 3 is 2.71 bits per heavy atom. The fraction of sp³-hybridized carbons (Fsp3) is 0.400. The summed E-state index contributed by atoms with van der Waals surface area (Å²) in [5.41, 5.74) is -1.66. The van der Waals surface area contributed by atoms with Crippen LogP contribution in [-0.2, 0) is 10.1 Å². The molecule has 1 N–H and O–H groups in total. The van der Waals surface area contributed by atoms with Gasteiger partial charge in [-0.3, -0.25) is 4.79 Å². The van der Waals surface area contributed by atoms with E-state index in [0.29, 0.717) is 0 Å². The van der Waals surface area contributed by atoms with Crippen molar-refractivity contribution in [3.8, 4) is 0 Å². The van der Waals surface area contributed by atoms with Gasteiger partial charge in [0.2, 0.25) is 5.43 Å². The van der Waals surface area contributed by atoms with E-state index in [1.165, 1.54) is 0 Å². The molecule has 17 heavy (non-hydrogen) atoms. The van der Waals surface area contributed by atoms with Gasteiger partial charge in [-0.1, -0.05) is 15.9 Å². The van der Waals surface area contributed by atoms with E-state index in [1.54, 1.807) is 6.92 Å². The maximum absolute atomic E-state index is 12.6. The van der Waals surface area contributed by atoms with Crippen LogP contribution < -0.4 is 5.43 Å². The number of aromatic nitrogens is 1. The Kier molecular flexibility index (Phi) is 4.80. The lowest BCUT2D eigenvalue weighted by atomic mass is 10.1. The second-order valence-corrected chi connectivity index (χ2v) is 3.64. The minimum Gasteiger partial charge on any atom is -0.462 e. The first-order valence-corrected chi connectivity index (χ1v) is 5.90. The number of H-pyrrole nitrogens is 1. The predicted octanol–water partition coefficient (Wildman–Crippen LogP) is 2.38. The summed E-state index contributed by atoms with van der Waals surface area (Å²) >= 11 is 2.94. The standard InChI is InChI=1S/C10H10BrF2NO3/c1-2-17-10(16)6-4-14-7(9(12)13)5(3-11)8(6)15/h4,9H,2-3H2,1H3,(H,14,15). The van der Waals surface area contributed by atoms with Crippen LogP contribution in [0.25, 0.3) is 0 Å². The maximum atomic E-state index is 12.6. The van der Waals surface area contributed by atoms with Gasteiger partial charge in [-0.25, -0.2) is 13.6 Å². The van der Waals surface area contributed by atoms with Gasteiger partial charge < -0.3 is 9.72 Å². The summed E-state index contributed by atoms with van der Waals surface area (Å²) in [6, 6.07) is 0. The molecular formula is C10H10BrF2NO3. The fourth-order valence-corrected chi connectivity index (χ4v) is 1.83. The Bertz CT molecular complexity index is 473. The van der Waals surface area contributed by atoms with Crippen molar-refractivity contribution < 1.29 is 18.3 Å². The van der Waals surface area contributed by atoms with E-state index in [-0.39, 0.29) is 23.1 Å². The van der Waals surface area contributed by atoms with Gasteiger partial charge in [0.15, 0.2) is 0 Å². The van der Waals surface area contributed by atoms with Crippen molar-refractivity contribution in [2.75, 3.05) is 6.61 Å². The van der Waals surface area contributed by atoms with Gasteiger partial charge in [0.1, 0.15) is 5.56 Å². The monoisotopic (exact) mass is 309 g/mol. The molecule has 0 aromatic carbocycles. The first-order chi connectivity index (χ1) is 8.02. The highest BCUT2D eigenvalue weighted by molar-refractivity contribution is 9.08. The smallest absolute Gasteiger partial charge is 0.343 e. The van der Waals surface area contributed by atoms with Gasteiger partial charge in [0.25, 0.3) is 6.43 Å². The van der Waals surface area contributed by atoms with Crippen LogP contribution in [-0.4, -0.2) is 17.6 Å². The molecule has 94 valence electrons. The number of hydrogen-bond acceptors (Lipinski definition) is 3. The normalized spacial score (nSPS) is 10.6. The summed E-state index contributed by atoms with van der Waals surface area (Å²) in [6.07, 6.45) is -1.85. The van der Waals surface area contributed by atoms with Gasteiger partial charge in [0, 0.05) is 17.1 Å². The second kappa shape index (κ2) is 5.90. The van der Waals surface area contributed by atoms with Crippen molar-refractivity contribution >= 4 is 21.9 Å². The topological polar surface area (TPSA) is 59.2 Å². The van der Waals surface area contributed by atoms with Crippen LogP contribution in [0.5, 0.6) is 0 Å². The van der Waals surface area contributed by atoms with Gasteiger partial charge in [-0.05, 0) is 6.92 Å². The van der Waals surface area contributed by atoms with E-state index >= 15 is 0 Å². The van der Waals surface area contributed by atoms with Crippen LogP contribution in [0.15, 0.2) is 11.0 Å². The number of aromatic amines is 1. The Balaban J connectivity index is 3.30. The molecule has 0 radical (unpaired) electrons. The highest BCUT2D eigenvalue weighted by atomic mass is 79.9. The number of rotatable bonds is 4. The minimum absolute atomic E-state index is 0.0603. The molecule has 1 heterocycles. The van der Waals surface area contributed by atoms with Gasteiger partial charge in [-0.2, -0.15) is 0 Å². The summed E-state index contributed by atoms with van der Waals surface area (Å²) in [5, 5.41) is -0.0603. The van der Waals surface area contributed by atoms with Crippen molar-refractivity contribution in [2.45, 2.75) is 18.7 Å². The molecule has 0 atom stereocenters. The first-order valence-electron chi connectivity index (χ1n) is 4.78. The number of carbonyl (C=O) groups excluding carboxylic acids is 1. The van der Waals surface area contributed by atoms with E-state index < -0.39 is 23.5 Å². The number of carbonyl (C=O) groups is 1. The van der Waals surface area contributed by atoms with Crippen molar-refractivity contribution in [1.29, 1.82) is 0 Å². The number of hydrogen-bond donors (Lipinski definition) is 1. The lowest BCUT2D eigenvalue weighted by molar-refractivity contribution is 0.0523. The summed E-state index contributed by atoms with van der Waals surface area (Å²) in [4.78, 5) is 25.4. The molecule has 0 saturated carbocycles. The zero-order valence-electron chi connectivity index (χ0n) is 8.93. The largest absolute Gasteiger partial charge is 0.462 e. The van der Waals surface area contributed by atoms with E-state index in [1.807, 2.05) is 0 Å². The molecule has 7 heteroatoms. The van der Waals surface area contributed by atoms with Crippen LogP contribution in [0.2, 0.25) is 0 Å².